The number of hydrogen-bond donors (Lipinski definition) is 0. The van der Waals surface area contributed by atoms with Crippen molar-refractivity contribution in [2.75, 3.05) is 0 Å². The van der Waals surface area contributed by atoms with Crippen LogP contribution in [0.1, 0.15) is 33.7 Å². The molecule has 1 heteroatoms. The molecule has 10 rings (SSSR count). The summed E-state index contributed by atoms with van der Waals surface area (Å²) in [7, 11) is 0. The lowest BCUT2D eigenvalue weighted by Crippen LogP contribution is -2.22. The van der Waals surface area contributed by atoms with Gasteiger partial charge in [-0.05, 0) is 104 Å². The van der Waals surface area contributed by atoms with E-state index in [4.69, 9.17) is 4.42 Å². The molecule has 1 nitrogen and oxygen atoms in total. The lowest BCUT2D eigenvalue weighted by Gasteiger charge is -2.36. The smallest absolute Gasteiger partial charge is 0.143 e. The molecule has 244 valence electrons. The Kier molecular flexibility index (Phi) is 7.15. The van der Waals surface area contributed by atoms with Crippen LogP contribution in [0.3, 0.4) is 0 Å². The molecule has 1 heterocycles. The fraction of sp³-hybridized carbons (Fsp3) is 0.0588. The number of para-hydroxylation sites is 2. The lowest BCUT2D eigenvalue weighted by atomic mass is 9.67. The molecule has 0 saturated carbocycles. The van der Waals surface area contributed by atoms with Crippen LogP contribution in [0.25, 0.3) is 60.9 Å². The van der Waals surface area contributed by atoms with Crippen LogP contribution in [0, 0.1) is 12.8 Å². The first-order chi connectivity index (χ1) is 25.7. The molecule has 0 bridgehead atoms. The summed E-state index contributed by atoms with van der Waals surface area (Å²) in [6, 6.07) is 59.3. The van der Waals surface area contributed by atoms with Crippen LogP contribution in [-0.2, 0) is 0 Å². The van der Waals surface area contributed by atoms with E-state index in [0.717, 1.165) is 33.1 Å². The van der Waals surface area contributed by atoms with Gasteiger partial charge in [0.25, 0.3) is 0 Å². The number of allylic oxidation sites excluding steroid dienone is 3. The first kappa shape index (κ1) is 30.2. The number of rotatable bonds is 5. The summed E-state index contributed by atoms with van der Waals surface area (Å²) in [5.74, 6) is 0.273. The predicted molar refractivity (Wildman–Crippen MR) is 215 cm³/mol. The quantitative estimate of drug-likeness (QED) is 0.167. The van der Waals surface area contributed by atoms with E-state index in [2.05, 4.69) is 182 Å². The van der Waals surface area contributed by atoms with Crippen LogP contribution in [0.5, 0.6) is 0 Å². The van der Waals surface area contributed by atoms with Gasteiger partial charge in [-0.3, -0.25) is 0 Å². The Morgan fingerprint density at radius 3 is 2.00 bits per heavy atom. The first-order valence-electron chi connectivity index (χ1n) is 18.0. The summed E-state index contributed by atoms with van der Waals surface area (Å²) in [5, 5.41) is 2.30. The van der Waals surface area contributed by atoms with Gasteiger partial charge >= 0.3 is 0 Å². The monoisotopic (exact) mass is 662 g/mol. The highest BCUT2D eigenvalue weighted by atomic mass is 16.3. The van der Waals surface area contributed by atoms with Gasteiger partial charge in [0.1, 0.15) is 11.2 Å². The molecule has 1 aromatic heterocycles. The van der Waals surface area contributed by atoms with Crippen LogP contribution in [0.4, 0.5) is 0 Å². The van der Waals surface area contributed by atoms with Gasteiger partial charge < -0.3 is 4.42 Å². The average Bonchev–Trinajstić information content (AvgIpc) is 3.59. The maximum Gasteiger partial charge on any atom is 0.143 e. The maximum absolute atomic E-state index is 6.39. The third kappa shape index (κ3) is 4.96. The number of furan rings is 1. The van der Waals surface area contributed by atoms with Crippen LogP contribution in [0.2, 0.25) is 0 Å². The van der Waals surface area contributed by atoms with Crippen molar-refractivity contribution in [3.63, 3.8) is 0 Å². The van der Waals surface area contributed by atoms with E-state index in [9.17, 15) is 0 Å². The molecule has 2 aliphatic carbocycles. The first-order valence-corrected chi connectivity index (χ1v) is 18.0. The van der Waals surface area contributed by atoms with Gasteiger partial charge in [-0.15, -0.1) is 0 Å². The van der Waals surface area contributed by atoms with Crippen molar-refractivity contribution in [1.82, 2.24) is 0 Å². The molecular weight excluding hydrogens is 629 g/mol. The van der Waals surface area contributed by atoms with Gasteiger partial charge in [0.05, 0.1) is 0 Å². The molecule has 2 atom stereocenters. The SMILES string of the molecule is Cc1ccccc1-c1cccc(-c2cccc(C3=C4C=C=C=CC4C(c4ccc(-c5cccc6c5oc5ccccc56)cc4)c4ccccc43)c2)c1. The minimum atomic E-state index is 0.129. The van der Waals surface area contributed by atoms with Crippen molar-refractivity contribution >= 4 is 27.5 Å². The zero-order valence-corrected chi connectivity index (χ0v) is 28.8. The Labute approximate surface area is 303 Å². The molecule has 2 unspecified atom stereocenters. The zero-order chi connectivity index (χ0) is 34.6. The standard InChI is InChI=1S/C51H34O/c1-33-13-2-3-18-40(33)38-16-10-14-36(31-38)37-15-11-17-39(32-37)50-45-22-6-4-20-43(45)49(44-21-5-7-23-46(44)50)35-29-27-34(28-30-35)41-24-12-25-47-42-19-8-9-26-48(42)52-51(41)47/h2-4,6,8-32,44,49H,1H3. The van der Waals surface area contributed by atoms with Crippen molar-refractivity contribution in [1.29, 1.82) is 0 Å². The summed E-state index contributed by atoms with van der Waals surface area (Å²) in [6.45, 7) is 2.18. The molecule has 0 spiro atoms. The van der Waals surface area contributed by atoms with E-state index in [1.165, 1.54) is 61.2 Å². The Morgan fingerprint density at radius 1 is 0.500 bits per heavy atom. The van der Waals surface area contributed by atoms with Crippen molar-refractivity contribution in [3.8, 4) is 33.4 Å². The van der Waals surface area contributed by atoms with Crippen molar-refractivity contribution < 1.29 is 4.42 Å². The predicted octanol–water partition coefficient (Wildman–Crippen LogP) is 13.3. The fourth-order valence-electron chi connectivity index (χ4n) is 8.47. The molecule has 52 heavy (non-hydrogen) atoms. The Bertz CT molecular complexity index is 2830. The molecule has 0 amide bonds. The lowest BCUT2D eigenvalue weighted by molar-refractivity contribution is 0.651. The minimum absolute atomic E-state index is 0.129. The van der Waals surface area contributed by atoms with E-state index in [1.807, 2.05) is 12.1 Å². The second-order valence-corrected chi connectivity index (χ2v) is 13.9. The van der Waals surface area contributed by atoms with Gasteiger partial charge in [0.15, 0.2) is 0 Å². The molecule has 8 aromatic rings. The van der Waals surface area contributed by atoms with Crippen LogP contribution in [-0.4, -0.2) is 0 Å². The van der Waals surface area contributed by atoms with E-state index >= 15 is 0 Å². The average molecular weight is 663 g/mol. The van der Waals surface area contributed by atoms with Gasteiger partial charge in [0, 0.05) is 28.2 Å². The Morgan fingerprint density at radius 2 is 1.15 bits per heavy atom. The van der Waals surface area contributed by atoms with Crippen molar-refractivity contribution in [3.05, 3.63) is 221 Å². The maximum atomic E-state index is 6.39. The van der Waals surface area contributed by atoms with Gasteiger partial charge in [-0.25, -0.2) is 0 Å². The number of aryl methyl sites for hydroxylation is 1. The summed E-state index contributed by atoms with van der Waals surface area (Å²) >= 11 is 0. The van der Waals surface area contributed by atoms with Crippen LogP contribution >= 0.6 is 0 Å². The molecule has 0 N–H and O–H groups in total. The summed E-state index contributed by atoms with van der Waals surface area (Å²) in [5.41, 5.74) is 24.6. The van der Waals surface area contributed by atoms with Crippen LogP contribution in [0.15, 0.2) is 197 Å². The van der Waals surface area contributed by atoms with Crippen molar-refractivity contribution in [2.24, 2.45) is 5.92 Å². The van der Waals surface area contributed by atoms with E-state index in [-0.39, 0.29) is 11.8 Å². The summed E-state index contributed by atoms with van der Waals surface area (Å²) in [6.07, 6.45) is 4.37. The second-order valence-electron chi connectivity index (χ2n) is 13.9. The largest absolute Gasteiger partial charge is 0.455 e. The van der Waals surface area contributed by atoms with Crippen molar-refractivity contribution in [2.45, 2.75) is 12.8 Å². The Balaban J connectivity index is 1.06. The minimum Gasteiger partial charge on any atom is -0.455 e. The van der Waals surface area contributed by atoms with Gasteiger partial charge in [-0.2, -0.15) is 0 Å². The topological polar surface area (TPSA) is 13.1 Å². The second kappa shape index (κ2) is 12.3. The molecule has 2 aliphatic rings. The molecule has 0 radical (unpaired) electrons. The van der Waals surface area contributed by atoms with E-state index in [0.29, 0.717) is 0 Å². The normalized spacial score (nSPS) is 16.0. The van der Waals surface area contributed by atoms with Crippen LogP contribution < -0.4 is 0 Å². The highest BCUT2D eigenvalue weighted by Crippen LogP contribution is 2.50. The highest BCUT2D eigenvalue weighted by Gasteiger charge is 2.35. The third-order valence-corrected chi connectivity index (χ3v) is 10.9. The van der Waals surface area contributed by atoms with Gasteiger partial charge in [-0.1, -0.05) is 157 Å². The highest BCUT2D eigenvalue weighted by molar-refractivity contribution is 6.09. The van der Waals surface area contributed by atoms with Gasteiger partial charge in [0.2, 0.25) is 0 Å². The molecule has 0 saturated heterocycles. The molecular formula is C51H34O. The number of hydrogen-bond acceptors (Lipinski definition) is 1. The zero-order valence-electron chi connectivity index (χ0n) is 28.8. The summed E-state index contributed by atoms with van der Waals surface area (Å²) < 4.78 is 6.39. The van der Waals surface area contributed by atoms with E-state index < -0.39 is 0 Å². The molecule has 7 aromatic carbocycles. The molecule has 0 aliphatic heterocycles. The third-order valence-electron chi connectivity index (χ3n) is 10.9. The summed E-state index contributed by atoms with van der Waals surface area (Å²) in [4.78, 5) is 0. The fourth-order valence-corrected chi connectivity index (χ4v) is 8.47. The number of benzene rings is 7. The number of fused-ring (bicyclic) bond motifs is 5. The molecule has 0 fully saturated rings. The van der Waals surface area contributed by atoms with E-state index in [1.54, 1.807) is 0 Å². The Hall–Kier alpha value is -6.62.